The Bertz CT molecular complexity index is 444. The summed E-state index contributed by atoms with van der Waals surface area (Å²) in [5.74, 6) is 0.329. The van der Waals surface area contributed by atoms with Crippen LogP contribution in [-0.2, 0) is 4.79 Å². The number of aliphatic carboxylic acids is 1. The standard InChI is InChI=1S/C19H32O3/c1-13(12-20)6-8-15-14(2)7-9-16-18(15,3)10-5-11-19(16,4)17(21)22/h13,15-16,20H,2,5-12H2,1,3-4H3,(H,21,22)/t13-,15+,16-,18-,19-/m0/s1. The van der Waals surface area contributed by atoms with Crippen LogP contribution in [0.2, 0.25) is 0 Å². The van der Waals surface area contributed by atoms with Gasteiger partial charge in [-0.15, -0.1) is 0 Å². The summed E-state index contributed by atoms with van der Waals surface area (Å²) >= 11 is 0. The van der Waals surface area contributed by atoms with Crippen LogP contribution in [0.4, 0.5) is 0 Å². The predicted molar refractivity (Wildman–Crippen MR) is 88.5 cm³/mol. The van der Waals surface area contributed by atoms with Crippen molar-refractivity contribution in [1.82, 2.24) is 0 Å². The Morgan fingerprint density at radius 2 is 2.09 bits per heavy atom. The third kappa shape index (κ3) is 2.84. The van der Waals surface area contributed by atoms with E-state index in [0.717, 1.165) is 44.9 Å². The first-order chi connectivity index (χ1) is 10.3. The van der Waals surface area contributed by atoms with Crippen molar-refractivity contribution < 1.29 is 15.0 Å². The van der Waals surface area contributed by atoms with E-state index in [4.69, 9.17) is 0 Å². The minimum Gasteiger partial charge on any atom is -0.481 e. The van der Waals surface area contributed by atoms with Crippen molar-refractivity contribution >= 4 is 5.97 Å². The molecule has 0 heterocycles. The second kappa shape index (κ2) is 6.35. The van der Waals surface area contributed by atoms with E-state index in [-0.39, 0.29) is 17.9 Å². The zero-order valence-corrected chi connectivity index (χ0v) is 14.4. The van der Waals surface area contributed by atoms with Gasteiger partial charge in [-0.3, -0.25) is 4.79 Å². The Morgan fingerprint density at radius 3 is 2.68 bits per heavy atom. The number of carbonyl (C=O) groups is 1. The van der Waals surface area contributed by atoms with E-state index in [0.29, 0.717) is 11.8 Å². The van der Waals surface area contributed by atoms with Crippen LogP contribution in [0.1, 0.15) is 65.7 Å². The monoisotopic (exact) mass is 308 g/mol. The van der Waals surface area contributed by atoms with Gasteiger partial charge in [0.2, 0.25) is 0 Å². The van der Waals surface area contributed by atoms with Gasteiger partial charge in [-0.05, 0) is 68.6 Å². The van der Waals surface area contributed by atoms with Gasteiger partial charge in [0, 0.05) is 6.61 Å². The molecule has 2 fully saturated rings. The fourth-order valence-corrected chi connectivity index (χ4v) is 5.28. The molecule has 0 spiro atoms. The van der Waals surface area contributed by atoms with Gasteiger partial charge in [0.1, 0.15) is 0 Å². The summed E-state index contributed by atoms with van der Waals surface area (Å²) in [6.45, 7) is 10.9. The Labute approximate surface area is 134 Å². The molecule has 5 atom stereocenters. The van der Waals surface area contributed by atoms with Crippen molar-refractivity contribution in [2.24, 2.45) is 28.6 Å². The molecule has 3 heteroatoms. The quantitative estimate of drug-likeness (QED) is 0.746. The summed E-state index contributed by atoms with van der Waals surface area (Å²) in [5.41, 5.74) is 0.767. The molecular weight excluding hydrogens is 276 g/mol. The SMILES string of the molecule is C=C1CC[C@H]2[C@@](C)(CCC[C@]2(C)C(=O)O)[C@@H]1CC[C@H](C)CO. The summed E-state index contributed by atoms with van der Waals surface area (Å²) in [6.07, 6.45) is 6.85. The van der Waals surface area contributed by atoms with Crippen LogP contribution in [-0.4, -0.2) is 22.8 Å². The number of aliphatic hydroxyl groups is 1. The minimum atomic E-state index is -0.626. The van der Waals surface area contributed by atoms with E-state index in [1.165, 1.54) is 5.57 Å². The van der Waals surface area contributed by atoms with Crippen molar-refractivity contribution in [3.05, 3.63) is 12.2 Å². The highest BCUT2D eigenvalue weighted by molar-refractivity contribution is 5.75. The molecule has 0 amide bonds. The van der Waals surface area contributed by atoms with E-state index in [2.05, 4.69) is 20.4 Å². The summed E-state index contributed by atoms with van der Waals surface area (Å²) in [6, 6.07) is 0. The molecule has 0 aromatic carbocycles. The Morgan fingerprint density at radius 1 is 1.41 bits per heavy atom. The van der Waals surface area contributed by atoms with Crippen LogP contribution in [0.15, 0.2) is 12.2 Å². The maximum Gasteiger partial charge on any atom is 0.309 e. The molecule has 0 saturated heterocycles. The lowest BCUT2D eigenvalue weighted by Crippen LogP contribution is -2.53. The van der Waals surface area contributed by atoms with Gasteiger partial charge in [0.25, 0.3) is 0 Å². The van der Waals surface area contributed by atoms with E-state index in [9.17, 15) is 15.0 Å². The Balaban J connectivity index is 2.26. The Kier molecular flexibility index (Phi) is 5.06. The van der Waals surface area contributed by atoms with Gasteiger partial charge in [-0.25, -0.2) is 0 Å². The number of allylic oxidation sites excluding steroid dienone is 1. The number of hydrogen-bond acceptors (Lipinski definition) is 2. The molecule has 0 aliphatic heterocycles. The van der Waals surface area contributed by atoms with Crippen LogP contribution in [0.5, 0.6) is 0 Å². The highest BCUT2D eigenvalue weighted by Crippen LogP contribution is 2.62. The summed E-state index contributed by atoms with van der Waals surface area (Å²) in [4.78, 5) is 11.9. The third-order valence-corrected chi connectivity index (χ3v) is 6.77. The van der Waals surface area contributed by atoms with Crippen molar-refractivity contribution in [3.8, 4) is 0 Å². The van der Waals surface area contributed by atoms with Gasteiger partial charge in [-0.1, -0.05) is 32.4 Å². The molecule has 0 radical (unpaired) electrons. The fraction of sp³-hybridized carbons (Fsp3) is 0.842. The van der Waals surface area contributed by atoms with Gasteiger partial charge >= 0.3 is 5.97 Å². The van der Waals surface area contributed by atoms with Crippen molar-refractivity contribution in [1.29, 1.82) is 0 Å². The predicted octanol–water partition coefficient (Wildman–Crippen LogP) is 4.26. The van der Waals surface area contributed by atoms with Crippen LogP contribution < -0.4 is 0 Å². The highest BCUT2D eigenvalue weighted by Gasteiger charge is 2.57. The minimum absolute atomic E-state index is 0.0515. The van der Waals surface area contributed by atoms with E-state index in [1.54, 1.807) is 0 Å². The lowest BCUT2D eigenvalue weighted by atomic mass is 9.46. The molecule has 2 saturated carbocycles. The van der Waals surface area contributed by atoms with Crippen molar-refractivity contribution in [2.75, 3.05) is 6.61 Å². The molecule has 0 aromatic rings. The Hall–Kier alpha value is -0.830. The van der Waals surface area contributed by atoms with Gasteiger partial charge < -0.3 is 10.2 Å². The first-order valence-electron chi connectivity index (χ1n) is 8.77. The number of aliphatic hydroxyl groups excluding tert-OH is 1. The first-order valence-corrected chi connectivity index (χ1v) is 8.77. The molecule has 0 unspecified atom stereocenters. The average Bonchev–Trinajstić information content (AvgIpc) is 2.45. The second-order valence-corrected chi connectivity index (χ2v) is 8.25. The normalized spacial score (nSPS) is 40.1. The molecular formula is C19H32O3. The summed E-state index contributed by atoms with van der Waals surface area (Å²) in [7, 11) is 0. The topological polar surface area (TPSA) is 57.5 Å². The molecule has 0 bridgehead atoms. The maximum atomic E-state index is 11.9. The van der Waals surface area contributed by atoms with Gasteiger partial charge in [-0.2, -0.15) is 0 Å². The molecule has 2 aliphatic carbocycles. The number of rotatable bonds is 5. The summed E-state index contributed by atoms with van der Waals surface area (Å²) < 4.78 is 0. The number of carboxylic acids is 1. The summed E-state index contributed by atoms with van der Waals surface area (Å²) in [5, 5.41) is 19.1. The molecule has 0 aromatic heterocycles. The van der Waals surface area contributed by atoms with E-state index in [1.807, 2.05) is 6.92 Å². The lowest BCUT2D eigenvalue weighted by Gasteiger charge is -2.57. The zero-order valence-electron chi connectivity index (χ0n) is 14.4. The number of hydrogen-bond donors (Lipinski definition) is 2. The molecule has 2 N–H and O–H groups in total. The smallest absolute Gasteiger partial charge is 0.309 e. The van der Waals surface area contributed by atoms with Crippen LogP contribution in [0.25, 0.3) is 0 Å². The molecule has 22 heavy (non-hydrogen) atoms. The zero-order chi connectivity index (χ0) is 16.5. The van der Waals surface area contributed by atoms with Gasteiger partial charge in [0.15, 0.2) is 0 Å². The molecule has 2 aliphatic rings. The van der Waals surface area contributed by atoms with E-state index < -0.39 is 11.4 Å². The van der Waals surface area contributed by atoms with Crippen molar-refractivity contribution in [2.45, 2.75) is 65.7 Å². The van der Waals surface area contributed by atoms with Crippen molar-refractivity contribution in [3.63, 3.8) is 0 Å². The van der Waals surface area contributed by atoms with Gasteiger partial charge in [0.05, 0.1) is 5.41 Å². The van der Waals surface area contributed by atoms with E-state index >= 15 is 0 Å². The molecule has 126 valence electrons. The second-order valence-electron chi connectivity index (χ2n) is 8.25. The number of carboxylic acid groups (broad SMARTS) is 1. The molecule has 2 rings (SSSR count). The maximum absolute atomic E-state index is 11.9. The largest absolute Gasteiger partial charge is 0.481 e. The van der Waals surface area contributed by atoms with Crippen LogP contribution in [0.3, 0.4) is 0 Å². The fourth-order valence-electron chi connectivity index (χ4n) is 5.28. The van der Waals surface area contributed by atoms with Crippen LogP contribution >= 0.6 is 0 Å². The number of fused-ring (bicyclic) bond motifs is 1. The average molecular weight is 308 g/mol. The van der Waals surface area contributed by atoms with Crippen LogP contribution in [0, 0.1) is 28.6 Å². The molecule has 3 nitrogen and oxygen atoms in total. The first kappa shape index (κ1) is 17.5. The highest BCUT2D eigenvalue weighted by atomic mass is 16.4. The lowest BCUT2D eigenvalue weighted by molar-refractivity contribution is -0.164. The third-order valence-electron chi connectivity index (χ3n) is 6.77.